The Morgan fingerprint density at radius 1 is 1.32 bits per heavy atom. The van der Waals surface area contributed by atoms with Gasteiger partial charge in [0.25, 0.3) is 0 Å². The van der Waals surface area contributed by atoms with Crippen molar-refractivity contribution in [2.24, 2.45) is 0 Å². The Kier molecular flexibility index (Phi) is 4.27. The number of aryl methyl sites for hydroxylation is 3. The van der Waals surface area contributed by atoms with Crippen molar-refractivity contribution in [1.82, 2.24) is 20.0 Å². The van der Waals surface area contributed by atoms with Gasteiger partial charge in [-0.25, -0.2) is 0 Å². The van der Waals surface area contributed by atoms with Crippen LogP contribution in [0.15, 0.2) is 18.5 Å². The summed E-state index contributed by atoms with van der Waals surface area (Å²) in [5.41, 5.74) is 3.60. The summed E-state index contributed by atoms with van der Waals surface area (Å²) in [6, 6.07) is 1.92. The van der Waals surface area contributed by atoms with Crippen molar-refractivity contribution in [2.45, 2.75) is 46.3 Å². The smallest absolute Gasteiger partial charge is 0.0850 e. The topological polar surface area (TPSA) is 63.8 Å². The molecule has 5 nitrogen and oxygen atoms in total. The number of aliphatic hydroxyl groups is 1. The Morgan fingerprint density at radius 2 is 2.11 bits per heavy atom. The van der Waals surface area contributed by atoms with Crippen molar-refractivity contribution in [3.8, 4) is 0 Å². The van der Waals surface area contributed by atoms with E-state index in [0.717, 1.165) is 35.5 Å². The summed E-state index contributed by atoms with van der Waals surface area (Å²) in [7, 11) is 0. The van der Waals surface area contributed by atoms with Gasteiger partial charge in [0.2, 0.25) is 0 Å². The molecule has 0 aliphatic carbocycles. The molecule has 0 amide bonds. The molecule has 0 bridgehead atoms. The number of aromatic nitrogens is 4. The summed E-state index contributed by atoms with van der Waals surface area (Å²) in [6.45, 7) is 6.78. The zero-order valence-corrected chi connectivity index (χ0v) is 11.7. The second kappa shape index (κ2) is 5.93. The summed E-state index contributed by atoms with van der Waals surface area (Å²) in [6.07, 6.45) is 4.54. The Morgan fingerprint density at radius 3 is 2.74 bits per heavy atom. The first kappa shape index (κ1) is 13.7. The van der Waals surface area contributed by atoms with Crippen LogP contribution in [0.4, 0.5) is 0 Å². The standard InChI is InChI=1S/C14H20N4O/c1-4-13-12(6-10(3)16-17-13)14(19)7-11-8-15-18(5-2)9-11/h6,8-9,14,19H,4-5,7H2,1-3H3. The molecule has 5 heteroatoms. The van der Waals surface area contributed by atoms with Crippen LogP contribution >= 0.6 is 0 Å². The third kappa shape index (κ3) is 3.17. The molecular weight excluding hydrogens is 240 g/mol. The SMILES string of the molecule is CCc1nnc(C)cc1C(O)Cc1cnn(CC)c1. The fourth-order valence-electron chi connectivity index (χ4n) is 2.12. The zero-order chi connectivity index (χ0) is 13.8. The molecule has 2 aromatic heterocycles. The normalized spacial score (nSPS) is 12.6. The molecule has 0 aliphatic heterocycles. The molecule has 1 unspecified atom stereocenters. The Balaban J connectivity index is 2.19. The minimum absolute atomic E-state index is 0.554. The maximum absolute atomic E-state index is 10.4. The van der Waals surface area contributed by atoms with Crippen molar-refractivity contribution >= 4 is 0 Å². The summed E-state index contributed by atoms with van der Waals surface area (Å²) >= 11 is 0. The van der Waals surface area contributed by atoms with Gasteiger partial charge in [-0.05, 0) is 31.9 Å². The van der Waals surface area contributed by atoms with E-state index in [1.807, 2.05) is 37.7 Å². The van der Waals surface area contributed by atoms with Gasteiger partial charge < -0.3 is 5.11 Å². The zero-order valence-electron chi connectivity index (χ0n) is 11.7. The van der Waals surface area contributed by atoms with Crippen molar-refractivity contribution < 1.29 is 5.11 Å². The van der Waals surface area contributed by atoms with Crippen LogP contribution in [0.3, 0.4) is 0 Å². The molecule has 1 atom stereocenters. The van der Waals surface area contributed by atoms with Crippen molar-refractivity contribution in [2.75, 3.05) is 0 Å². The van der Waals surface area contributed by atoms with Crippen LogP contribution in [0.1, 0.15) is 42.5 Å². The predicted octanol–water partition coefficient (Wildman–Crippen LogP) is 1.84. The monoisotopic (exact) mass is 260 g/mol. The van der Waals surface area contributed by atoms with E-state index in [-0.39, 0.29) is 0 Å². The van der Waals surface area contributed by atoms with E-state index >= 15 is 0 Å². The Labute approximate surface area is 113 Å². The molecular formula is C14H20N4O. The fraction of sp³-hybridized carbons (Fsp3) is 0.500. The second-order valence-electron chi connectivity index (χ2n) is 4.67. The predicted molar refractivity (Wildman–Crippen MR) is 72.7 cm³/mol. The number of hydrogen-bond donors (Lipinski definition) is 1. The molecule has 2 rings (SSSR count). The van der Waals surface area contributed by atoms with E-state index in [0.29, 0.717) is 6.42 Å². The van der Waals surface area contributed by atoms with Crippen LogP contribution in [0.5, 0.6) is 0 Å². The first-order valence-corrected chi connectivity index (χ1v) is 6.66. The van der Waals surface area contributed by atoms with Crippen LogP contribution in [-0.2, 0) is 19.4 Å². The number of rotatable bonds is 5. The molecule has 19 heavy (non-hydrogen) atoms. The van der Waals surface area contributed by atoms with E-state index in [9.17, 15) is 5.11 Å². The van der Waals surface area contributed by atoms with Gasteiger partial charge in [-0.15, -0.1) is 0 Å². The quantitative estimate of drug-likeness (QED) is 0.891. The molecule has 2 heterocycles. The van der Waals surface area contributed by atoms with Crippen LogP contribution in [-0.4, -0.2) is 25.1 Å². The maximum atomic E-state index is 10.4. The van der Waals surface area contributed by atoms with Gasteiger partial charge in [0.15, 0.2) is 0 Å². The highest BCUT2D eigenvalue weighted by molar-refractivity contribution is 5.25. The first-order valence-electron chi connectivity index (χ1n) is 6.66. The summed E-state index contributed by atoms with van der Waals surface area (Å²) in [5.74, 6) is 0. The molecule has 1 N–H and O–H groups in total. The summed E-state index contributed by atoms with van der Waals surface area (Å²) in [5, 5.41) is 22.8. The van der Waals surface area contributed by atoms with Crippen molar-refractivity contribution in [1.29, 1.82) is 0 Å². The van der Waals surface area contributed by atoms with E-state index in [4.69, 9.17) is 0 Å². The largest absolute Gasteiger partial charge is 0.388 e. The van der Waals surface area contributed by atoms with Crippen LogP contribution in [0.25, 0.3) is 0 Å². The Bertz CT molecular complexity index is 550. The lowest BCUT2D eigenvalue weighted by molar-refractivity contribution is 0.176. The fourth-order valence-corrected chi connectivity index (χ4v) is 2.12. The van der Waals surface area contributed by atoms with Crippen LogP contribution in [0, 0.1) is 6.92 Å². The summed E-state index contributed by atoms with van der Waals surface area (Å²) < 4.78 is 1.86. The lowest BCUT2D eigenvalue weighted by Gasteiger charge is -2.13. The molecule has 0 fully saturated rings. The third-order valence-electron chi connectivity index (χ3n) is 3.16. The van der Waals surface area contributed by atoms with Crippen molar-refractivity contribution in [3.63, 3.8) is 0 Å². The average molecular weight is 260 g/mol. The number of nitrogens with zero attached hydrogens (tertiary/aromatic N) is 4. The van der Waals surface area contributed by atoms with Gasteiger partial charge in [0.05, 0.1) is 23.7 Å². The molecule has 0 radical (unpaired) electrons. The van der Waals surface area contributed by atoms with Gasteiger partial charge >= 0.3 is 0 Å². The lowest BCUT2D eigenvalue weighted by atomic mass is 10.0. The Hall–Kier alpha value is -1.75. The first-order chi connectivity index (χ1) is 9.13. The highest BCUT2D eigenvalue weighted by atomic mass is 16.3. The molecule has 0 spiro atoms. The van der Waals surface area contributed by atoms with Gasteiger partial charge in [0.1, 0.15) is 0 Å². The van der Waals surface area contributed by atoms with E-state index in [1.54, 1.807) is 6.20 Å². The van der Waals surface area contributed by atoms with E-state index in [1.165, 1.54) is 0 Å². The average Bonchev–Trinajstić information content (AvgIpc) is 2.86. The van der Waals surface area contributed by atoms with Gasteiger partial charge in [-0.1, -0.05) is 6.92 Å². The van der Waals surface area contributed by atoms with Crippen molar-refractivity contribution in [3.05, 3.63) is 41.0 Å². The highest BCUT2D eigenvalue weighted by Crippen LogP contribution is 2.21. The minimum atomic E-state index is -0.557. The maximum Gasteiger partial charge on any atom is 0.0850 e. The van der Waals surface area contributed by atoms with Gasteiger partial charge in [0, 0.05) is 24.7 Å². The minimum Gasteiger partial charge on any atom is -0.388 e. The molecule has 0 aliphatic rings. The van der Waals surface area contributed by atoms with E-state index < -0.39 is 6.10 Å². The third-order valence-corrected chi connectivity index (χ3v) is 3.16. The van der Waals surface area contributed by atoms with Gasteiger partial charge in [-0.2, -0.15) is 15.3 Å². The molecule has 0 aromatic carbocycles. The highest BCUT2D eigenvalue weighted by Gasteiger charge is 2.15. The molecule has 2 aromatic rings. The van der Waals surface area contributed by atoms with Crippen LogP contribution < -0.4 is 0 Å². The molecule has 0 saturated carbocycles. The second-order valence-corrected chi connectivity index (χ2v) is 4.67. The van der Waals surface area contributed by atoms with Crippen LogP contribution in [0.2, 0.25) is 0 Å². The number of hydrogen-bond acceptors (Lipinski definition) is 4. The van der Waals surface area contributed by atoms with E-state index in [2.05, 4.69) is 15.3 Å². The summed E-state index contributed by atoms with van der Waals surface area (Å²) in [4.78, 5) is 0. The van der Waals surface area contributed by atoms with Gasteiger partial charge in [-0.3, -0.25) is 4.68 Å². The lowest BCUT2D eigenvalue weighted by Crippen LogP contribution is -2.08. The molecule has 0 saturated heterocycles. The molecule has 102 valence electrons. The number of aliphatic hydroxyl groups excluding tert-OH is 1.